The number of hydrogen-bond donors (Lipinski definition) is 4. The highest BCUT2D eigenvalue weighted by Gasteiger charge is 2.19. The van der Waals surface area contributed by atoms with Crippen LogP contribution in [0.4, 0.5) is 0 Å². The number of unbranched alkanes of at least 4 members (excludes halogenated alkanes) is 18. The number of amides is 1. The van der Waals surface area contributed by atoms with Gasteiger partial charge in [-0.15, -0.1) is 0 Å². The molecule has 0 aliphatic heterocycles. The lowest BCUT2D eigenvalue weighted by molar-refractivity contribution is -0.124. The molecule has 0 aromatic rings. The Bertz CT molecular complexity index is 660. The Kier molecular flexibility index (Phi) is 31.4. The third-order valence-electron chi connectivity index (χ3n) is 7.90. The van der Waals surface area contributed by atoms with Gasteiger partial charge in [-0.05, 0) is 51.4 Å². The predicted octanol–water partition coefficient (Wildman–Crippen LogP) is 9.26. The number of aliphatic hydroxyl groups excluding tert-OH is 3. The molecule has 3 unspecified atom stereocenters. The number of hydrogen-bond acceptors (Lipinski definition) is 4. The summed E-state index contributed by atoms with van der Waals surface area (Å²) >= 11 is 0. The fourth-order valence-electron chi connectivity index (χ4n) is 5.10. The van der Waals surface area contributed by atoms with E-state index >= 15 is 0 Å². The first-order valence-corrected chi connectivity index (χ1v) is 17.8. The molecular formula is C37H69NO4. The monoisotopic (exact) mass is 592 g/mol. The molecule has 246 valence electrons. The van der Waals surface area contributed by atoms with Gasteiger partial charge in [0.1, 0.15) is 0 Å². The van der Waals surface area contributed by atoms with Crippen molar-refractivity contribution < 1.29 is 20.1 Å². The minimum Gasteiger partial charge on any atom is -0.394 e. The summed E-state index contributed by atoms with van der Waals surface area (Å²) in [5.41, 5.74) is 0. The normalized spacial score (nSPS) is 14.3. The van der Waals surface area contributed by atoms with Gasteiger partial charge in [-0.25, -0.2) is 0 Å². The van der Waals surface area contributed by atoms with Crippen molar-refractivity contribution in [3.63, 3.8) is 0 Å². The third kappa shape index (κ3) is 28.7. The quantitative estimate of drug-likeness (QED) is 0.0478. The number of aliphatic hydroxyl groups is 3. The van der Waals surface area contributed by atoms with E-state index in [2.05, 4.69) is 43.5 Å². The topological polar surface area (TPSA) is 89.8 Å². The molecule has 0 rings (SSSR count). The number of carbonyl (C=O) groups is 1. The van der Waals surface area contributed by atoms with Crippen molar-refractivity contribution in [3.05, 3.63) is 36.5 Å². The van der Waals surface area contributed by atoms with Gasteiger partial charge in [-0.3, -0.25) is 4.79 Å². The molecule has 0 aliphatic rings. The lowest BCUT2D eigenvalue weighted by atomic mass is 10.0. The highest BCUT2D eigenvalue weighted by atomic mass is 16.3. The summed E-state index contributed by atoms with van der Waals surface area (Å²) < 4.78 is 0. The van der Waals surface area contributed by atoms with Crippen molar-refractivity contribution >= 4 is 5.91 Å². The van der Waals surface area contributed by atoms with Crippen molar-refractivity contribution in [1.82, 2.24) is 5.32 Å². The van der Waals surface area contributed by atoms with E-state index in [-0.39, 0.29) is 18.9 Å². The van der Waals surface area contributed by atoms with Gasteiger partial charge in [0.2, 0.25) is 5.91 Å². The lowest BCUT2D eigenvalue weighted by Gasteiger charge is -2.20. The van der Waals surface area contributed by atoms with Crippen LogP contribution in [0.2, 0.25) is 0 Å². The molecule has 0 aromatic heterocycles. The van der Waals surface area contributed by atoms with Crippen molar-refractivity contribution in [2.75, 3.05) is 6.61 Å². The zero-order chi connectivity index (χ0) is 30.9. The zero-order valence-electron chi connectivity index (χ0n) is 27.6. The number of nitrogens with one attached hydrogen (secondary N) is 1. The maximum Gasteiger partial charge on any atom is 0.222 e. The summed E-state index contributed by atoms with van der Waals surface area (Å²) in [4.78, 5) is 12.3. The molecule has 0 fully saturated rings. The molecule has 0 heterocycles. The Balaban J connectivity index is 3.78. The smallest absolute Gasteiger partial charge is 0.222 e. The van der Waals surface area contributed by atoms with Crippen molar-refractivity contribution in [2.45, 2.75) is 186 Å². The largest absolute Gasteiger partial charge is 0.394 e. The molecule has 42 heavy (non-hydrogen) atoms. The predicted molar refractivity (Wildman–Crippen MR) is 181 cm³/mol. The standard InChI is InChI=1S/C37H69NO4/c1-3-5-7-9-11-13-14-15-16-17-18-19-20-21-22-23-25-27-29-31-36(41)35(33-39)38-37(42)32-34(40)30-28-26-24-12-10-8-6-4-2/h10,12,22-23,29,31,34-36,39-41H,3-9,11,13-21,24-28,30,32-33H2,1-2H3,(H,38,42)/b12-10-,23-22+,31-29+. The first-order chi connectivity index (χ1) is 20.5. The van der Waals surface area contributed by atoms with E-state index in [4.69, 9.17) is 0 Å². The average molecular weight is 592 g/mol. The van der Waals surface area contributed by atoms with Crippen LogP contribution in [0.25, 0.3) is 0 Å². The van der Waals surface area contributed by atoms with Crippen LogP contribution >= 0.6 is 0 Å². The van der Waals surface area contributed by atoms with Gasteiger partial charge in [0.25, 0.3) is 0 Å². The molecule has 5 nitrogen and oxygen atoms in total. The summed E-state index contributed by atoms with van der Waals surface area (Å²) in [6.07, 6.45) is 38.6. The van der Waals surface area contributed by atoms with Crippen molar-refractivity contribution in [2.24, 2.45) is 0 Å². The molecule has 5 heteroatoms. The average Bonchev–Trinajstić information content (AvgIpc) is 2.98. The Morgan fingerprint density at radius 1 is 0.595 bits per heavy atom. The first kappa shape index (κ1) is 40.6. The van der Waals surface area contributed by atoms with E-state index in [1.54, 1.807) is 6.08 Å². The van der Waals surface area contributed by atoms with Gasteiger partial charge in [-0.1, -0.05) is 147 Å². The fourth-order valence-corrected chi connectivity index (χ4v) is 5.10. The van der Waals surface area contributed by atoms with Crippen molar-refractivity contribution in [1.29, 1.82) is 0 Å². The van der Waals surface area contributed by atoms with Crippen LogP contribution in [0.3, 0.4) is 0 Å². The molecule has 0 bridgehead atoms. The van der Waals surface area contributed by atoms with Crippen molar-refractivity contribution in [3.8, 4) is 0 Å². The van der Waals surface area contributed by atoms with Crippen LogP contribution in [-0.4, -0.2) is 46.1 Å². The Hall–Kier alpha value is -1.43. The van der Waals surface area contributed by atoms with Crippen LogP contribution in [0.5, 0.6) is 0 Å². The van der Waals surface area contributed by atoms with Crippen LogP contribution < -0.4 is 5.32 Å². The molecule has 4 N–H and O–H groups in total. The Labute approximate surface area is 260 Å². The molecule has 0 saturated heterocycles. The van der Waals surface area contributed by atoms with Gasteiger partial charge in [-0.2, -0.15) is 0 Å². The molecule has 0 aliphatic carbocycles. The second-order valence-corrected chi connectivity index (χ2v) is 12.1. The van der Waals surface area contributed by atoms with E-state index in [1.807, 2.05) is 6.08 Å². The lowest BCUT2D eigenvalue weighted by Crippen LogP contribution is -2.45. The highest BCUT2D eigenvalue weighted by Crippen LogP contribution is 2.13. The Morgan fingerprint density at radius 2 is 1.05 bits per heavy atom. The van der Waals surface area contributed by atoms with E-state index in [1.165, 1.54) is 96.3 Å². The molecule has 0 spiro atoms. The van der Waals surface area contributed by atoms with E-state index in [0.29, 0.717) is 6.42 Å². The van der Waals surface area contributed by atoms with E-state index < -0.39 is 18.2 Å². The van der Waals surface area contributed by atoms with Gasteiger partial charge < -0.3 is 20.6 Å². The van der Waals surface area contributed by atoms with Gasteiger partial charge >= 0.3 is 0 Å². The van der Waals surface area contributed by atoms with Crippen LogP contribution in [0, 0.1) is 0 Å². The first-order valence-electron chi connectivity index (χ1n) is 17.8. The fraction of sp³-hybridized carbons (Fsp3) is 0.811. The second kappa shape index (κ2) is 32.5. The summed E-state index contributed by atoms with van der Waals surface area (Å²) in [7, 11) is 0. The molecule has 3 atom stereocenters. The summed E-state index contributed by atoms with van der Waals surface area (Å²) in [6, 6.07) is -0.764. The van der Waals surface area contributed by atoms with Gasteiger partial charge in [0.05, 0.1) is 31.3 Å². The van der Waals surface area contributed by atoms with Crippen LogP contribution in [0.15, 0.2) is 36.5 Å². The molecular weight excluding hydrogens is 522 g/mol. The second-order valence-electron chi connectivity index (χ2n) is 12.1. The minimum atomic E-state index is -0.953. The van der Waals surface area contributed by atoms with E-state index in [0.717, 1.165) is 44.9 Å². The zero-order valence-corrected chi connectivity index (χ0v) is 27.6. The minimum absolute atomic E-state index is 0.0106. The number of carbonyl (C=O) groups excluding carboxylic acids is 1. The van der Waals surface area contributed by atoms with Gasteiger partial charge in [0, 0.05) is 0 Å². The number of allylic oxidation sites excluding steroid dienone is 5. The van der Waals surface area contributed by atoms with Crippen LogP contribution in [-0.2, 0) is 4.79 Å². The maximum atomic E-state index is 12.3. The summed E-state index contributed by atoms with van der Waals surface area (Å²) in [5.74, 6) is -0.343. The van der Waals surface area contributed by atoms with E-state index in [9.17, 15) is 20.1 Å². The van der Waals surface area contributed by atoms with Gasteiger partial charge in [0.15, 0.2) is 0 Å². The SMILES string of the molecule is CCCC/C=C\CCCCC(O)CC(=O)NC(CO)C(O)/C=C/CC/C=C/CCCCCCCCCCCCCCC. The molecule has 0 radical (unpaired) electrons. The highest BCUT2D eigenvalue weighted by molar-refractivity contribution is 5.76. The number of rotatable bonds is 31. The molecule has 1 amide bonds. The molecule has 0 saturated carbocycles. The summed E-state index contributed by atoms with van der Waals surface area (Å²) in [5, 5.41) is 32.8. The summed E-state index contributed by atoms with van der Waals surface area (Å²) in [6.45, 7) is 4.11. The third-order valence-corrected chi connectivity index (χ3v) is 7.90. The molecule has 0 aromatic carbocycles. The van der Waals surface area contributed by atoms with Crippen LogP contribution in [0.1, 0.15) is 168 Å². The maximum absolute atomic E-state index is 12.3. The Morgan fingerprint density at radius 3 is 1.60 bits per heavy atom.